The largest absolute Gasteiger partial charge is 0.478 e. The highest BCUT2D eigenvalue weighted by Crippen LogP contribution is 2.23. The third-order valence-corrected chi connectivity index (χ3v) is 4.64. The molecule has 2 heterocycles. The zero-order valence-electron chi connectivity index (χ0n) is 16.6. The Bertz CT molecular complexity index is 945. The minimum atomic E-state index is -0.940. The first-order valence-corrected chi connectivity index (χ1v) is 9.70. The second kappa shape index (κ2) is 8.78. The van der Waals surface area contributed by atoms with Crippen LogP contribution in [-0.4, -0.2) is 30.8 Å². The lowest BCUT2D eigenvalue weighted by atomic mass is 10.0. The highest BCUT2D eigenvalue weighted by atomic mass is 16.4. The number of nitrogens with zero attached hydrogens (tertiary/aromatic N) is 4. The van der Waals surface area contributed by atoms with Crippen molar-refractivity contribution in [2.75, 3.05) is 0 Å². The van der Waals surface area contributed by atoms with Gasteiger partial charge in [0.05, 0.1) is 5.56 Å². The fourth-order valence-corrected chi connectivity index (χ4v) is 3.03. The molecule has 146 valence electrons. The number of aromatic carboxylic acids is 1. The Hall–Kier alpha value is -3.02. The number of rotatable bonds is 8. The molecule has 0 bridgehead atoms. The summed E-state index contributed by atoms with van der Waals surface area (Å²) >= 11 is 0. The van der Waals surface area contributed by atoms with E-state index in [1.54, 1.807) is 24.4 Å². The Balaban J connectivity index is 1.84. The molecule has 0 aliphatic heterocycles. The second-order valence-corrected chi connectivity index (χ2v) is 7.18. The maximum Gasteiger partial charge on any atom is 0.336 e. The van der Waals surface area contributed by atoms with Crippen molar-refractivity contribution in [2.24, 2.45) is 0 Å². The number of hydrogen-bond acceptors (Lipinski definition) is 4. The van der Waals surface area contributed by atoms with Crippen molar-refractivity contribution in [2.45, 2.75) is 52.5 Å². The van der Waals surface area contributed by atoms with Crippen molar-refractivity contribution in [3.8, 4) is 11.1 Å². The van der Waals surface area contributed by atoms with Crippen LogP contribution in [0.25, 0.3) is 11.1 Å². The van der Waals surface area contributed by atoms with E-state index in [1.165, 1.54) is 0 Å². The molecule has 28 heavy (non-hydrogen) atoms. The number of carboxylic acid groups (broad SMARTS) is 1. The van der Waals surface area contributed by atoms with Gasteiger partial charge in [0.15, 0.2) is 5.82 Å². The Labute approximate surface area is 165 Å². The first kappa shape index (κ1) is 19.7. The molecule has 0 radical (unpaired) electrons. The summed E-state index contributed by atoms with van der Waals surface area (Å²) in [6.07, 6.45) is 4.50. The fourth-order valence-electron chi connectivity index (χ4n) is 3.03. The predicted molar refractivity (Wildman–Crippen MR) is 108 cm³/mol. The van der Waals surface area contributed by atoms with Gasteiger partial charge in [-0.1, -0.05) is 51.5 Å². The van der Waals surface area contributed by atoms with Gasteiger partial charge in [-0.2, -0.15) is 5.10 Å². The zero-order valence-corrected chi connectivity index (χ0v) is 16.6. The lowest BCUT2D eigenvalue weighted by Gasteiger charge is -2.08. The molecule has 1 aromatic carbocycles. The Morgan fingerprint density at radius 3 is 2.61 bits per heavy atom. The van der Waals surface area contributed by atoms with E-state index < -0.39 is 5.97 Å². The van der Waals surface area contributed by atoms with Crippen molar-refractivity contribution >= 4 is 5.97 Å². The minimum absolute atomic E-state index is 0.276. The molecule has 6 nitrogen and oxygen atoms in total. The number of benzene rings is 1. The summed E-state index contributed by atoms with van der Waals surface area (Å²) in [7, 11) is 0. The number of hydrogen-bond donors (Lipinski definition) is 1. The van der Waals surface area contributed by atoms with E-state index in [4.69, 9.17) is 4.98 Å². The Morgan fingerprint density at radius 2 is 1.96 bits per heavy atom. The van der Waals surface area contributed by atoms with Gasteiger partial charge in [-0.15, -0.1) is 0 Å². The summed E-state index contributed by atoms with van der Waals surface area (Å²) in [6, 6.07) is 10.8. The molecule has 0 fully saturated rings. The molecule has 0 aliphatic rings. The average molecular weight is 378 g/mol. The van der Waals surface area contributed by atoms with Crippen LogP contribution in [0.4, 0.5) is 0 Å². The fraction of sp³-hybridized carbons (Fsp3) is 0.364. The van der Waals surface area contributed by atoms with Crippen molar-refractivity contribution in [3.63, 3.8) is 0 Å². The summed E-state index contributed by atoms with van der Waals surface area (Å²) in [6.45, 7) is 7.21. The van der Waals surface area contributed by atoms with Crippen LogP contribution in [0.5, 0.6) is 0 Å². The summed E-state index contributed by atoms with van der Waals surface area (Å²) in [5.74, 6) is 1.12. The summed E-state index contributed by atoms with van der Waals surface area (Å²) in [4.78, 5) is 20.7. The van der Waals surface area contributed by atoms with Gasteiger partial charge in [-0.3, -0.25) is 4.98 Å². The number of pyridine rings is 1. The number of carbonyl (C=O) groups is 1. The van der Waals surface area contributed by atoms with E-state index in [9.17, 15) is 9.90 Å². The van der Waals surface area contributed by atoms with E-state index in [2.05, 4.69) is 30.9 Å². The minimum Gasteiger partial charge on any atom is -0.478 e. The molecule has 0 saturated carbocycles. The van der Waals surface area contributed by atoms with Gasteiger partial charge in [-0.05, 0) is 24.1 Å². The molecule has 6 heteroatoms. The zero-order chi connectivity index (χ0) is 20.1. The van der Waals surface area contributed by atoms with Gasteiger partial charge in [0.2, 0.25) is 0 Å². The highest BCUT2D eigenvalue weighted by molar-refractivity contribution is 5.95. The molecule has 2 aromatic heterocycles. The molecule has 0 spiro atoms. The molecule has 0 saturated heterocycles. The number of carboxylic acids is 1. The van der Waals surface area contributed by atoms with Gasteiger partial charge in [-0.25, -0.2) is 14.5 Å². The van der Waals surface area contributed by atoms with Crippen molar-refractivity contribution in [1.29, 1.82) is 0 Å². The molecule has 0 atom stereocenters. The van der Waals surface area contributed by atoms with Crippen LogP contribution in [0.1, 0.15) is 67.2 Å². The highest BCUT2D eigenvalue weighted by Gasteiger charge is 2.14. The van der Waals surface area contributed by atoms with E-state index in [1.807, 2.05) is 22.9 Å². The normalized spacial score (nSPS) is 11.1. The van der Waals surface area contributed by atoms with Crippen LogP contribution in [-0.2, 0) is 13.0 Å². The molecular formula is C22H26N4O2. The molecule has 3 rings (SSSR count). The van der Waals surface area contributed by atoms with Gasteiger partial charge in [0.1, 0.15) is 5.82 Å². The van der Waals surface area contributed by atoms with E-state index in [0.29, 0.717) is 12.0 Å². The van der Waals surface area contributed by atoms with E-state index in [0.717, 1.165) is 42.3 Å². The van der Waals surface area contributed by atoms with Gasteiger partial charge >= 0.3 is 5.97 Å². The van der Waals surface area contributed by atoms with Crippen LogP contribution < -0.4 is 0 Å². The van der Waals surface area contributed by atoms with E-state index >= 15 is 0 Å². The first-order valence-electron chi connectivity index (χ1n) is 9.70. The maximum absolute atomic E-state index is 11.4. The third-order valence-electron chi connectivity index (χ3n) is 4.64. The lowest BCUT2D eigenvalue weighted by Crippen LogP contribution is -2.07. The third kappa shape index (κ3) is 4.44. The molecule has 0 unspecified atom stereocenters. The quantitative estimate of drug-likeness (QED) is 0.622. The van der Waals surface area contributed by atoms with Gasteiger partial charge in [0.25, 0.3) is 0 Å². The second-order valence-electron chi connectivity index (χ2n) is 7.18. The first-order chi connectivity index (χ1) is 13.5. The topological polar surface area (TPSA) is 80.9 Å². The standard InChI is InChI=1S/C22H26N4O2/c1-4-5-12-26-20(24-21(25-26)15(2)3)13-17-11-10-16(14-23-17)18-8-6-7-9-19(18)22(27)28/h6-11,14-15H,4-5,12-13H2,1-3H3,(H,27,28). The molecule has 1 N–H and O–H groups in total. The summed E-state index contributed by atoms with van der Waals surface area (Å²) < 4.78 is 1.99. The summed E-state index contributed by atoms with van der Waals surface area (Å²) in [5, 5.41) is 14.0. The maximum atomic E-state index is 11.4. The predicted octanol–water partition coefficient (Wildman–Crippen LogP) is 4.55. The smallest absolute Gasteiger partial charge is 0.336 e. The molecular weight excluding hydrogens is 352 g/mol. The van der Waals surface area contributed by atoms with Gasteiger partial charge in [0, 0.05) is 36.3 Å². The van der Waals surface area contributed by atoms with Crippen LogP contribution in [0.15, 0.2) is 42.6 Å². The number of aryl methyl sites for hydroxylation is 1. The average Bonchev–Trinajstić information content (AvgIpc) is 3.10. The van der Waals surface area contributed by atoms with Crippen molar-refractivity contribution in [3.05, 3.63) is 65.5 Å². The number of unbranched alkanes of at least 4 members (excludes halogenated alkanes) is 1. The van der Waals surface area contributed by atoms with Gasteiger partial charge < -0.3 is 5.11 Å². The summed E-state index contributed by atoms with van der Waals surface area (Å²) in [5.41, 5.74) is 2.62. The molecule has 0 aliphatic carbocycles. The molecule has 0 amide bonds. The SMILES string of the molecule is CCCCn1nc(C(C)C)nc1Cc1ccc(-c2ccccc2C(=O)O)cn1. The van der Waals surface area contributed by atoms with E-state index in [-0.39, 0.29) is 11.5 Å². The van der Waals surface area contributed by atoms with Crippen molar-refractivity contribution in [1.82, 2.24) is 19.7 Å². The van der Waals surface area contributed by atoms with Crippen LogP contribution in [0, 0.1) is 0 Å². The monoisotopic (exact) mass is 378 g/mol. The van der Waals surface area contributed by atoms with Crippen LogP contribution >= 0.6 is 0 Å². The number of aromatic nitrogens is 4. The van der Waals surface area contributed by atoms with Crippen molar-refractivity contribution < 1.29 is 9.90 Å². The lowest BCUT2D eigenvalue weighted by molar-refractivity contribution is 0.0697. The molecule has 3 aromatic rings. The Morgan fingerprint density at radius 1 is 1.18 bits per heavy atom. The van der Waals surface area contributed by atoms with Crippen LogP contribution in [0.3, 0.4) is 0 Å². The Kier molecular flexibility index (Phi) is 6.19. The van der Waals surface area contributed by atoms with Crippen LogP contribution in [0.2, 0.25) is 0 Å².